The second-order valence-electron chi connectivity index (χ2n) is 3.45. The van der Waals surface area contributed by atoms with Crippen molar-refractivity contribution in [1.82, 2.24) is 0 Å². The van der Waals surface area contributed by atoms with Gasteiger partial charge in [0.25, 0.3) is 0 Å². The van der Waals surface area contributed by atoms with Gasteiger partial charge in [-0.15, -0.1) is 0 Å². The first-order valence-electron chi connectivity index (χ1n) is 4.70. The SMILES string of the molecule is COC(O)C1Cc2ccccc2CO1. The van der Waals surface area contributed by atoms with E-state index in [2.05, 4.69) is 6.07 Å². The lowest BCUT2D eigenvalue weighted by atomic mass is 9.99. The first-order chi connectivity index (χ1) is 6.81. The standard InChI is InChI=1S/C11H14O3/c1-13-11(12)10-6-8-4-2-3-5-9(8)7-14-10/h2-5,10-12H,6-7H2,1H3. The molecule has 2 unspecified atom stereocenters. The van der Waals surface area contributed by atoms with Crippen LogP contribution in [0.25, 0.3) is 0 Å². The number of aliphatic hydroxyl groups excluding tert-OH is 1. The van der Waals surface area contributed by atoms with Crippen LogP contribution in [0.3, 0.4) is 0 Å². The molecule has 14 heavy (non-hydrogen) atoms. The van der Waals surface area contributed by atoms with Gasteiger partial charge in [-0.2, -0.15) is 0 Å². The van der Waals surface area contributed by atoms with Gasteiger partial charge < -0.3 is 14.6 Å². The Morgan fingerprint density at radius 2 is 2.14 bits per heavy atom. The minimum absolute atomic E-state index is 0.241. The molecule has 1 aliphatic heterocycles. The number of methoxy groups -OCH3 is 1. The summed E-state index contributed by atoms with van der Waals surface area (Å²) >= 11 is 0. The van der Waals surface area contributed by atoms with Gasteiger partial charge in [0.2, 0.25) is 0 Å². The molecule has 3 nitrogen and oxygen atoms in total. The van der Waals surface area contributed by atoms with E-state index in [0.717, 1.165) is 0 Å². The number of hydrogen-bond donors (Lipinski definition) is 1. The van der Waals surface area contributed by atoms with Gasteiger partial charge >= 0.3 is 0 Å². The Hall–Kier alpha value is -0.900. The first-order valence-corrected chi connectivity index (χ1v) is 4.70. The van der Waals surface area contributed by atoms with E-state index < -0.39 is 6.29 Å². The third-order valence-corrected chi connectivity index (χ3v) is 2.55. The molecule has 0 radical (unpaired) electrons. The molecule has 0 aromatic heterocycles. The van der Waals surface area contributed by atoms with E-state index >= 15 is 0 Å². The number of fused-ring (bicyclic) bond motifs is 1. The van der Waals surface area contributed by atoms with Gasteiger partial charge in [-0.3, -0.25) is 0 Å². The highest BCUT2D eigenvalue weighted by Crippen LogP contribution is 2.21. The fourth-order valence-corrected chi connectivity index (χ4v) is 1.70. The zero-order valence-electron chi connectivity index (χ0n) is 8.14. The summed E-state index contributed by atoms with van der Waals surface area (Å²) in [4.78, 5) is 0. The zero-order valence-corrected chi connectivity index (χ0v) is 8.14. The predicted molar refractivity (Wildman–Crippen MR) is 51.7 cm³/mol. The Labute approximate surface area is 83.3 Å². The molecular formula is C11H14O3. The van der Waals surface area contributed by atoms with E-state index in [1.165, 1.54) is 18.2 Å². The Morgan fingerprint density at radius 1 is 1.43 bits per heavy atom. The van der Waals surface area contributed by atoms with Crippen molar-refractivity contribution in [2.45, 2.75) is 25.4 Å². The molecule has 0 fully saturated rings. The molecule has 0 saturated carbocycles. The summed E-state index contributed by atoms with van der Waals surface area (Å²) in [7, 11) is 1.48. The summed E-state index contributed by atoms with van der Waals surface area (Å²) in [5.74, 6) is 0. The van der Waals surface area contributed by atoms with E-state index in [9.17, 15) is 5.11 Å². The lowest BCUT2D eigenvalue weighted by Crippen LogP contribution is -2.35. The van der Waals surface area contributed by atoms with Crippen LogP contribution in [0.1, 0.15) is 11.1 Å². The Bertz CT molecular complexity index is 311. The summed E-state index contributed by atoms with van der Waals surface area (Å²) in [6.07, 6.45) is -0.358. The molecule has 1 aromatic rings. The smallest absolute Gasteiger partial charge is 0.181 e. The van der Waals surface area contributed by atoms with Gasteiger partial charge in [-0.25, -0.2) is 0 Å². The molecule has 76 valence electrons. The maximum Gasteiger partial charge on any atom is 0.181 e. The topological polar surface area (TPSA) is 38.7 Å². The van der Waals surface area contributed by atoms with Crippen LogP contribution in [-0.4, -0.2) is 24.6 Å². The Balaban J connectivity index is 2.13. The maximum atomic E-state index is 9.46. The summed E-state index contributed by atoms with van der Waals surface area (Å²) in [5, 5.41) is 9.46. The quantitative estimate of drug-likeness (QED) is 0.716. The minimum Gasteiger partial charge on any atom is -0.368 e. The molecule has 1 heterocycles. The third-order valence-electron chi connectivity index (χ3n) is 2.55. The molecular weight excluding hydrogens is 180 g/mol. The van der Waals surface area contributed by atoms with Crippen molar-refractivity contribution in [3.8, 4) is 0 Å². The number of hydrogen-bond acceptors (Lipinski definition) is 3. The fraction of sp³-hybridized carbons (Fsp3) is 0.455. The predicted octanol–water partition coefficient (Wildman–Crippen LogP) is 1.09. The summed E-state index contributed by atoms with van der Waals surface area (Å²) in [6, 6.07) is 8.10. The number of aliphatic hydroxyl groups is 1. The van der Waals surface area contributed by atoms with Crippen molar-refractivity contribution in [2.24, 2.45) is 0 Å². The number of benzene rings is 1. The van der Waals surface area contributed by atoms with E-state index in [1.54, 1.807) is 0 Å². The van der Waals surface area contributed by atoms with Gasteiger partial charge in [-0.05, 0) is 11.1 Å². The molecule has 0 saturated heterocycles. The van der Waals surface area contributed by atoms with Crippen LogP contribution < -0.4 is 0 Å². The summed E-state index contributed by atoms with van der Waals surface area (Å²) in [5.41, 5.74) is 2.44. The molecule has 1 aromatic carbocycles. The maximum absolute atomic E-state index is 9.46. The normalized spacial score (nSPS) is 22.9. The highest BCUT2D eigenvalue weighted by molar-refractivity contribution is 5.28. The van der Waals surface area contributed by atoms with Crippen LogP contribution in [0.2, 0.25) is 0 Å². The molecule has 0 bridgehead atoms. The molecule has 2 rings (SSSR count). The fourth-order valence-electron chi connectivity index (χ4n) is 1.70. The van der Waals surface area contributed by atoms with Gasteiger partial charge in [0.15, 0.2) is 6.29 Å². The second kappa shape index (κ2) is 4.09. The van der Waals surface area contributed by atoms with Crippen molar-refractivity contribution < 1.29 is 14.6 Å². The van der Waals surface area contributed by atoms with Crippen LogP contribution in [0, 0.1) is 0 Å². The highest BCUT2D eigenvalue weighted by Gasteiger charge is 2.25. The largest absolute Gasteiger partial charge is 0.368 e. The second-order valence-corrected chi connectivity index (χ2v) is 3.45. The van der Waals surface area contributed by atoms with E-state index in [4.69, 9.17) is 9.47 Å². The number of rotatable bonds is 2. The number of ether oxygens (including phenoxy) is 2. The first kappa shape index (κ1) is 9.65. The van der Waals surface area contributed by atoms with E-state index in [1.807, 2.05) is 18.2 Å². The van der Waals surface area contributed by atoms with Gasteiger partial charge in [0.05, 0.1) is 6.61 Å². The van der Waals surface area contributed by atoms with Crippen molar-refractivity contribution >= 4 is 0 Å². The van der Waals surface area contributed by atoms with Crippen LogP contribution in [0.15, 0.2) is 24.3 Å². The van der Waals surface area contributed by atoms with E-state index in [-0.39, 0.29) is 6.10 Å². The average molecular weight is 194 g/mol. The minimum atomic E-state index is -0.830. The van der Waals surface area contributed by atoms with Gasteiger partial charge in [0, 0.05) is 13.5 Å². The van der Waals surface area contributed by atoms with Crippen LogP contribution in [0.5, 0.6) is 0 Å². The monoisotopic (exact) mass is 194 g/mol. The molecule has 0 spiro atoms. The zero-order chi connectivity index (χ0) is 9.97. The Kier molecular flexibility index (Phi) is 2.82. The van der Waals surface area contributed by atoms with Crippen LogP contribution in [0.4, 0.5) is 0 Å². The van der Waals surface area contributed by atoms with Crippen molar-refractivity contribution in [1.29, 1.82) is 0 Å². The lowest BCUT2D eigenvalue weighted by molar-refractivity contribution is -0.171. The molecule has 0 aliphatic carbocycles. The van der Waals surface area contributed by atoms with Gasteiger partial charge in [0.1, 0.15) is 6.10 Å². The molecule has 1 aliphatic rings. The van der Waals surface area contributed by atoms with E-state index in [0.29, 0.717) is 13.0 Å². The Morgan fingerprint density at radius 3 is 2.86 bits per heavy atom. The lowest BCUT2D eigenvalue weighted by Gasteiger charge is -2.27. The van der Waals surface area contributed by atoms with Gasteiger partial charge in [-0.1, -0.05) is 24.3 Å². The third kappa shape index (κ3) is 1.80. The van der Waals surface area contributed by atoms with Crippen LogP contribution in [-0.2, 0) is 22.5 Å². The molecule has 2 atom stereocenters. The molecule has 3 heteroatoms. The summed E-state index contributed by atoms with van der Waals surface area (Å²) < 4.78 is 10.3. The van der Waals surface area contributed by atoms with Crippen LogP contribution >= 0.6 is 0 Å². The van der Waals surface area contributed by atoms with Crippen molar-refractivity contribution in [2.75, 3.05) is 7.11 Å². The summed E-state index contributed by atoms with van der Waals surface area (Å²) in [6.45, 7) is 0.557. The average Bonchev–Trinajstić information content (AvgIpc) is 2.27. The molecule has 0 amide bonds. The van der Waals surface area contributed by atoms with Crippen molar-refractivity contribution in [3.63, 3.8) is 0 Å². The molecule has 1 N–H and O–H groups in total. The van der Waals surface area contributed by atoms with Crippen molar-refractivity contribution in [3.05, 3.63) is 35.4 Å². The highest BCUT2D eigenvalue weighted by atomic mass is 16.6.